The van der Waals surface area contributed by atoms with Gasteiger partial charge < -0.3 is 0 Å². The molecule has 0 aliphatic heterocycles. The van der Waals surface area contributed by atoms with Crippen LogP contribution in [0, 0.1) is 10.1 Å². The number of amides is 1. The molecule has 1 aromatic heterocycles. The van der Waals surface area contributed by atoms with E-state index in [-0.39, 0.29) is 16.4 Å². The second-order valence-corrected chi connectivity index (χ2v) is 4.67. The topological polar surface area (TPSA) is 107 Å². The van der Waals surface area contributed by atoms with Crippen molar-refractivity contribution >= 4 is 28.3 Å². The Morgan fingerprint density at radius 3 is 2.84 bits per heavy atom. The molecule has 1 aromatic carbocycles. The number of carbonyl (C=O) groups is 1. The molecule has 0 unspecified atom stereocenters. The summed E-state index contributed by atoms with van der Waals surface area (Å²) in [5.74, 6) is -0.557. The molecular formula is C10H8N4O4S. The smallest absolute Gasteiger partial charge is 0.297 e. The zero-order chi connectivity index (χ0) is 14.0. The van der Waals surface area contributed by atoms with Gasteiger partial charge in [-0.25, -0.2) is 8.75 Å². The minimum Gasteiger partial charge on any atom is -0.297 e. The molecular weight excluding hydrogens is 272 g/mol. The normalized spacial score (nSPS) is 10.2. The molecule has 0 spiro atoms. The van der Waals surface area contributed by atoms with Crippen LogP contribution in [-0.2, 0) is 7.05 Å². The number of carbonyl (C=O) groups excluding carboxylic acids is 1. The highest BCUT2D eigenvalue weighted by Gasteiger charge is 2.13. The van der Waals surface area contributed by atoms with Crippen LogP contribution in [0.3, 0.4) is 0 Å². The Kier molecular flexibility index (Phi) is 3.38. The molecule has 98 valence electrons. The van der Waals surface area contributed by atoms with Gasteiger partial charge in [-0.05, 0) is 17.6 Å². The minimum atomic E-state index is -0.587. The van der Waals surface area contributed by atoms with Gasteiger partial charge in [0.15, 0.2) is 0 Å². The first-order valence-electron chi connectivity index (χ1n) is 5.07. The summed E-state index contributed by atoms with van der Waals surface area (Å²) in [5, 5.41) is 13.2. The quantitative estimate of drug-likeness (QED) is 0.666. The van der Waals surface area contributed by atoms with Gasteiger partial charge in [-0.3, -0.25) is 20.2 Å². The first kappa shape index (κ1) is 12.9. The summed E-state index contributed by atoms with van der Waals surface area (Å²) in [6, 6.07) is 5.29. The van der Waals surface area contributed by atoms with Crippen LogP contribution in [0.15, 0.2) is 29.1 Å². The first-order chi connectivity index (χ1) is 8.97. The van der Waals surface area contributed by atoms with Gasteiger partial charge in [-0.1, -0.05) is 6.07 Å². The largest absolute Gasteiger partial charge is 0.359 e. The number of rotatable bonds is 3. The van der Waals surface area contributed by atoms with Crippen molar-refractivity contribution in [3.63, 3.8) is 0 Å². The highest BCUT2D eigenvalue weighted by atomic mass is 32.1. The highest BCUT2D eigenvalue weighted by molar-refractivity contribution is 7.10. The van der Waals surface area contributed by atoms with Gasteiger partial charge in [-0.2, -0.15) is 4.98 Å². The number of aryl methyl sites for hydroxylation is 1. The molecule has 1 amide bonds. The number of hydrogen-bond acceptors (Lipinski definition) is 6. The molecule has 1 heterocycles. The second kappa shape index (κ2) is 4.98. The molecule has 9 heteroatoms. The van der Waals surface area contributed by atoms with Crippen LogP contribution in [0.25, 0.3) is 0 Å². The standard InChI is InChI=1S/C10H8N4O4S/c1-13-10(16)12-9(19-13)11-8(15)6-3-2-4-7(5-6)14(17)18/h2-5H,1H3,(H,11,12,15,16). The molecule has 0 atom stereocenters. The maximum Gasteiger partial charge on any atom is 0.359 e. The van der Waals surface area contributed by atoms with E-state index in [1.54, 1.807) is 0 Å². The van der Waals surface area contributed by atoms with Crippen LogP contribution in [0.2, 0.25) is 0 Å². The molecule has 8 nitrogen and oxygen atoms in total. The summed E-state index contributed by atoms with van der Waals surface area (Å²) < 4.78 is 1.25. The summed E-state index contributed by atoms with van der Waals surface area (Å²) in [6.45, 7) is 0. The third-order valence-electron chi connectivity index (χ3n) is 2.23. The second-order valence-electron chi connectivity index (χ2n) is 3.55. The zero-order valence-electron chi connectivity index (χ0n) is 9.69. The Morgan fingerprint density at radius 1 is 1.53 bits per heavy atom. The van der Waals surface area contributed by atoms with E-state index in [9.17, 15) is 19.7 Å². The van der Waals surface area contributed by atoms with Crippen molar-refractivity contribution in [2.24, 2.45) is 7.05 Å². The van der Waals surface area contributed by atoms with E-state index in [4.69, 9.17) is 0 Å². The molecule has 2 rings (SSSR count). The maximum absolute atomic E-state index is 11.8. The molecule has 1 N–H and O–H groups in total. The highest BCUT2D eigenvalue weighted by Crippen LogP contribution is 2.15. The van der Waals surface area contributed by atoms with E-state index in [1.165, 1.54) is 29.2 Å². The van der Waals surface area contributed by atoms with Gasteiger partial charge >= 0.3 is 5.69 Å². The number of anilines is 1. The van der Waals surface area contributed by atoms with Crippen molar-refractivity contribution in [3.05, 3.63) is 50.4 Å². The van der Waals surface area contributed by atoms with Crippen LogP contribution in [-0.4, -0.2) is 19.8 Å². The monoisotopic (exact) mass is 280 g/mol. The fourth-order valence-electron chi connectivity index (χ4n) is 1.33. The van der Waals surface area contributed by atoms with E-state index in [0.29, 0.717) is 0 Å². The number of nitrogens with zero attached hydrogens (tertiary/aromatic N) is 3. The molecule has 0 aliphatic carbocycles. The number of hydrogen-bond donors (Lipinski definition) is 1. The fraction of sp³-hybridized carbons (Fsp3) is 0.100. The van der Waals surface area contributed by atoms with Crippen LogP contribution < -0.4 is 11.0 Å². The molecule has 19 heavy (non-hydrogen) atoms. The van der Waals surface area contributed by atoms with Gasteiger partial charge in [-0.15, -0.1) is 0 Å². The van der Waals surface area contributed by atoms with E-state index in [2.05, 4.69) is 10.3 Å². The van der Waals surface area contributed by atoms with Crippen LogP contribution in [0.4, 0.5) is 10.8 Å². The Morgan fingerprint density at radius 2 is 2.26 bits per heavy atom. The van der Waals surface area contributed by atoms with Gasteiger partial charge in [0, 0.05) is 24.7 Å². The number of non-ortho nitro benzene ring substituents is 1. The van der Waals surface area contributed by atoms with E-state index >= 15 is 0 Å². The summed E-state index contributed by atoms with van der Waals surface area (Å²) in [4.78, 5) is 36.6. The lowest BCUT2D eigenvalue weighted by Gasteiger charge is -2.00. The Labute approximate surface area is 110 Å². The van der Waals surface area contributed by atoms with Crippen LogP contribution in [0.5, 0.6) is 0 Å². The molecule has 2 aromatic rings. The minimum absolute atomic E-state index is 0.125. The molecule has 0 fully saturated rings. The van der Waals surface area contributed by atoms with Gasteiger partial charge in [0.25, 0.3) is 11.6 Å². The van der Waals surface area contributed by atoms with Gasteiger partial charge in [0.1, 0.15) is 0 Å². The fourth-order valence-corrected chi connectivity index (χ4v) is 1.96. The number of nitro benzene ring substituents is 1. The molecule has 0 saturated heterocycles. The third kappa shape index (κ3) is 2.83. The zero-order valence-corrected chi connectivity index (χ0v) is 10.5. The van der Waals surface area contributed by atoms with Crippen LogP contribution >= 0.6 is 11.5 Å². The molecule has 0 bridgehead atoms. The van der Waals surface area contributed by atoms with Crippen LogP contribution in [0.1, 0.15) is 10.4 Å². The predicted octanol–water partition coefficient (Wildman–Crippen LogP) is 1.00. The maximum atomic E-state index is 11.8. The van der Waals surface area contributed by atoms with Crippen molar-refractivity contribution in [1.82, 2.24) is 8.94 Å². The lowest BCUT2D eigenvalue weighted by molar-refractivity contribution is -0.384. The van der Waals surface area contributed by atoms with Gasteiger partial charge in [0.2, 0.25) is 5.13 Å². The number of nitrogens with one attached hydrogen (secondary N) is 1. The molecule has 0 radical (unpaired) electrons. The van der Waals surface area contributed by atoms with E-state index in [1.807, 2.05) is 0 Å². The van der Waals surface area contributed by atoms with Crippen molar-refractivity contribution in [3.8, 4) is 0 Å². The predicted molar refractivity (Wildman–Crippen MR) is 68.4 cm³/mol. The lowest BCUT2D eigenvalue weighted by atomic mass is 10.2. The SMILES string of the molecule is Cn1sc(NC(=O)c2cccc([N+](=O)[O-])c2)nc1=O. The lowest BCUT2D eigenvalue weighted by Crippen LogP contribution is -2.14. The first-order valence-corrected chi connectivity index (χ1v) is 5.85. The number of benzene rings is 1. The summed E-state index contributed by atoms with van der Waals surface area (Å²) in [6.07, 6.45) is 0. The Hall–Kier alpha value is -2.55. The molecule has 0 saturated carbocycles. The summed E-state index contributed by atoms with van der Waals surface area (Å²) >= 11 is 0.975. The van der Waals surface area contributed by atoms with Gasteiger partial charge in [0.05, 0.1) is 4.92 Å². The third-order valence-corrected chi connectivity index (χ3v) is 3.03. The number of nitro groups is 1. The summed E-state index contributed by atoms with van der Waals surface area (Å²) in [7, 11) is 1.52. The van der Waals surface area contributed by atoms with Crippen molar-refractivity contribution in [2.45, 2.75) is 0 Å². The summed E-state index contributed by atoms with van der Waals surface area (Å²) in [5.41, 5.74) is -0.527. The average Bonchev–Trinajstić information content (AvgIpc) is 2.68. The molecule has 0 aliphatic rings. The Bertz CT molecular complexity index is 706. The Balaban J connectivity index is 2.22. The van der Waals surface area contributed by atoms with Crippen molar-refractivity contribution < 1.29 is 9.72 Å². The van der Waals surface area contributed by atoms with Crippen molar-refractivity contribution in [1.29, 1.82) is 0 Å². The number of aromatic nitrogens is 2. The van der Waals surface area contributed by atoms with E-state index in [0.717, 1.165) is 17.6 Å². The average molecular weight is 280 g/mol. The van der Waals surface area contributed by atoms with Crippen molar-refractivity contribution in [2.75, 3.05) is 5.32 Å². The van der Waals surface area contributed by atoms with E-state index < -0.39 is 16.5 Å².